The van der Waals surface area contributed by atoms with Gasteiger partial charge in [0.2, 0.25) is 0 Å². The van der Waals surface area contributed by atoms with Crippen LogP contribution in [0.4, 0.5) is 0 Å². The zero-order chi connectivity index (χ0) is 17.4. The van der Waals surface area contributed by atoms with E-state index in [2.05, 4.69) is 15.6 Å². The van der Waals surface area contributed by atoms with E-state index in [9.17, 15) is 9.90 Å². The molecule has 0 aliphatic heterocycles. The molecule has 130 valence electrons. The lowest BCUT2D eigenvalue weighted by molar-refractivity contribution is 0.0954. The van der Waals surface area contributed by atoms with Crippen LogP contribution in [0.25, 0.3) is 0 Å². The number of nitrogens with zero attached hydrogens (tertiary/aromatic N) is 1. The molecule has 3 N–H and O–H groups in total. The molecule has 0 radical (unpaired) electrons. The van der Waals surface area contributed by atoms with Crippen molar-refractivity contribution in [2.75, 3.05) is 13.2 Å². The van der Waals surface area contributed by atoms with Gasteiger partial charge in [-0.15, -0.1) is 0 Å². The summed E-state index contributed by atoms with van der Waals surface area (Å²) in [6.45, 7) is 5.07. The van der Waals surface area contributed by atoms with Crippen LogP contribution in [-0.4, -0.2) is 41.3 Å². The molecule has 2 aromatic rings. The van der Waals surface area contributed by atoms with Crippen molar-refractivity contribution in [2.45, 2.75) is 32.5 Å². The van der Waals surface area contributed by atoms with E-state index in [0.717, 1.165) is 5.56 Å². The van der Waals surface area contributed by atoms with E-state index in [1.165, 1.54) is 17.5 Å². The Bertz CT molecular complexity index is 631. The van der Waals surface area contributed by atoms with E-state index >= 15 is 0 Å². The predicted octanol–water partition coefficient (Wildman–Crippen LogP) is 1.81. The highest BCUT2D eigenvalue weighted by molar-refractivity contribution is 7.15. The summed E-state index contributed by atoms with van der Waals surface area (Å²) in [5, 5.41) is 16.1. The number of rotatable bonds is 9. The Balaban J connectivity index is 1.76. The third-order valence-corrected chi connectivity index (χ3v) is 4.07. The fraction of sp³-hybridized carbons (Fsp3) is 0.412. The highest BCUT2D eigenvalue weighted by Gasteiger charge is 2.13. The molecule has 0 fully saturated rings. The van der Waals surface area contributed by atoms with Crippen LogP contribution in [0.15, 0.2) is 36.5 Å². The molecule has 0 spiro atoms. The second-order valence-corrected chi connectivity index (χ2v) is 6.68. The third kappa shape index (κ3) is 6.27. The summed E-state index contributed by atoms with van der Waals surface area (Å²) in [5.41, 5.74) is 1.03. The van der Waals surface area contributed by atoms with Gasteiger partial charge in [0, 0.05) is 19.1 Å². The molecular weight excluding hydrogens is 326 g/mol. The molecule has 1 amide bonds. The van der Waals surface area contributed by atoms with E-state index < -0.39 is 6.10 Å². The number of benzene rings is 1. The van der Waals surface area contributed by atoms with Gasteiger partial charge >= 0.3 is 0 Å². The summed E-state index contributed by atoms with van der Waals surface area (Å²) in [6.07, 6.45) is 0.866. The van der Waals surface area contributed by atoms with Crippen LogP contribution in [0.5, 0.6) is 5.19 Å². The van der Waals surface area contributed by atoms with Crippen molar-refractivity contribution in [1.29, 1.82) is 0 Å². The number of thiazole rings is 1. The quantitative estimate of drug-likeness (QED) is 0.643. The molecule has 1 unspecified atom stereocenters. The molecule has 7 heteroatoms. The highest BCUT2D eigenvalue weighted by Crippen LogP contribution is 2.20. The molecule has 0 bridgehead atoms. The lowest BCUT2D eigenvalue weighted by atomic mass is 10.2. The van der Waals surface area contributed by atoms with Crippen molar-refractivity contribution in [1.82, 2.24) is 15.6 Å². The Hall–Kier alpha value is -1.96. The molecule has 1 heterocycles. The predicted molar refractivity (Wildman–Crippen MR) is 94.4 cm³/mol. The molecular formula is C17H23N3O3S. The Labute approximate surface area is 145 Å². The number of amides is 1. The minimum atomic E-state index is -0.619. The van der Waals surface area contributed by atoms with Gasteiger partial charge in [-0.2, -0.15) is 0 Å². The minimum Gasteiger partial charge on any atom is -0.467 e. The fourth-order valence-corrected chi connectivity index (χ4v) is 2.58. The molecule has 0 saturated carbocycles. The van der Waals surface area contributed by atoms with Gasteiger partial charge in [-0.3, -0.25) is 4.79 Å². The zero-order valence-electron chi connectivity index (χ0n) is 13.9. The van der Waals surface area contributed by atoms with Crippen molar-refractivity contribution >= 4 is 17.2 Å². The lowest BCUT2D eigenvalue weighted by Gasteiger charge is -2.13. The summed E-state index contributed by atoms with van der Waals surface area (Å²) >= 11 is 1.17. The normalized spacial score (nSPS) is 12.2. The fourth-order valence-electron chi connectivity index (χ4n) is 1.89. The van der Waals surface area contributed by atoms with Crippen LogP contribution in [0.1, 0.15) is 29.1 Å². The summed E-state index contributed by atoms with van der Waals surface area (Å²) in [7, 11) is 0. The van der Waals surface area contributed by atoms with Gasteiger partial charge in [0.05, 0.1) is 6.20 Å². The van der Waals surface area contributed by atoms with Crippen LogP contribution in [0.3, 0.4) is 0 Å². The number of ether oxygens (including phenoxy) is 1. The number of hydrogen-bond acceptors (Lipinski definition) is 6. The first-order valence-corrected chi connectivity index (χ1v) is 8.68. The maximum Gasteiger partial charge on any atom is 0.273 e. The van der Waals surface area contributed by atoms with E-state index in [-0.39, 0.29) is 12.5 Å². The maximum absolute atomic E-state index is 12.1. The molecule has 2 rings (SSSR count). The number of aliphatic hydroxyl groups is 1. The second-order valence-electron chi connectivity index (χ2n) is 5.69. The number of carbonyl (C=O) groups excluding carboxylic acids is 1. The summed E-state index contributed by atoms with van der Waals surface area (Å²) in [4.78, 5) is 16.6. The van der Waals surface area contributed by atoms with Gasteiger partial charge in [0.1, 0.15) is 17.6 Å². The molecule has 1 aromatic heterocycles. The lowest BCUT2D eigenvalue weighted by Crippen LogP contribution is -2.35. The van der Waals surface area contributed by atoms with Crippen molar-refractivity contribution in [3.63, 3.8) is 0 Å². The van der Waals surface area contributed by atoms with E-state index in [4.69, 9.17) is 4.74 Å². The van der Waals surface area contributed by atoms with Crippen molar-refractivity contribution in [2.24, 2.45) is 0 Å². The van der Waals surface area contributed by atoms with Gasteiger partial charge in [-0.05, 0) is 5.56 Å². The third-order valence-electron chi connectivity index (χ3n) is 3.17. The monoisotopic (exact) mass is 349 g/mol. The standard InChI is InChI=1S/C17H23N3O3S/c1-12(2)18-9-14(21)11-23-17-20-10-15(24-17)16(22)19-8-13-6-4-3-5-7-13/h3-7,10,12,14,18,21H,8-9,11H2,1-2H3,(H,19,22). The summed E-state index contributed by atoms with van der Waals surface area (Å²) in [5.74, 6) is -0.187. The summed E-state index contributed by atoms with van der Waals surface area (Å²) in [6, 6.07) is 10.0. The largest absolute Gasteiger partial charge is 0.467 e. The molecule has 1 aromatic carbocycles. The average Bonchev–Trinajstić information content (AvgIpc) is 3.06. The number of nitrogens with one attached hydrogen (secondary N) is 2. The maximum atomic E-state index is 12.1. The first-order chi connectivity index (χ1) is 11.5. The summed E-state index contributed by atoms with van der Waals surface area (Å²) < 4.78 is 5.43. The van der Waals surface area contributed by atoms with E-state index in [0.29, 0.717) is 29.2 Å². The number of aromatic nitrogens is 1. The van der Waals surface area contributed by atoms with Crippen molar-refractivity contribution in [3.05, 3.63) is 47.0 Å². The molecule has 6 nitrogen and oxygen atoms in total. The van der Waals surface area contributed by atoms with E-state index in [1.54, 1.807) is 0 Å². The molecule has 0 saturated heterocycles. The Kier molecular flexibility index (Phi) is 7.17. The first kappa shape index (κ1) is 18.4. The molecule has 1 atom stereocenters. The van der Waals surface area contributed by atoms with Crippen molar-refractivity contribution in [3.8, 4) is 5.19 Å². The van der Waals surface area contributed by atoms with Crippen LogP contribution < -0.4 is 15.4 Å². The Morgan fingerprint density at radius 3 is 2.79 bits per heavy atom. The van der Waals surface area contributed by atoms with Crippen LogP contribution >= 0.6 is 11.3 Å². The minimum absolute atomic E-state index is 0.137. The van der Waals surface area contributed by atoms with Crippen LogP contribution in [0, 0.1) is 0 Å². The van der Waals surface area contributed by atoms with Gasteiger partial charge in [-0.1, -0.05) is 55.5 Å². The van der Waals surface area contributed by atoms with Gasteiger partial charge in [0.25, 0.3) is 11.1 Å². The topological polar surface area (TPSA) is 83.5 Å². The molecule has 0 aliphatic rings. The average molecular weight is 349 g/mol. The smallest absolute Gasteiger partial charge is 0.273 e. The SMILES string of the molecule is CC(C)NCC(O)COc1ncc(C(=O)NCc2ccccc2)s1. The molecule has 0 aliphatic carbocycles. The number of hydrogen-bond donors (Lipinski definition) is 3. The Morgan fingerprint density at radius 2 is 2.08 bits per heavy atom. The van der Waals surface area contributed by atoms with Gasteiger partial charge in [0.15, 0.2) is 0 Å². The number of aliphatic hydroxyl groups excluding tert-OH is 1. The highest BCUT2D eigenvalue weighted by atomic mass is 32.1. The van der Waals surface area contributed by atoms with Crippen molar-refractivity contribution < 1.29 is 14.6 Å². The van der Waals surface area contributed by atoms with Gasteiger partial charge in [-0.25, -0.2) is 4.98 Å². The number of carbonyl (C=O) groups is 1. The molecule has 24 heavy (non-hydrogen) atoms. The van der Waals surface area contributed by atoms with Crippen LogP contribution in [0.2, 0.25) is 0 Å². The van der Waals surface area contributed by atoms with E-state index in [1.807, 2.05) is 44.2 Å². The Morgan fingerprint density at radius 1 is 1.33 bits per heavy atom. The second kappa shape index (κ2) is 9.36. The van der Waals surface area contributed by atoms with Crippen LogP contribution in [-0.2, 0) is 6.54 Å². The van der Waals surface area contributed by atoms with Gasteiger partial charge < -0.3 is 20.5 Å². The zero-order valence-corrected chi connectivity index (χ0v) is 14.7. The first-order valence-electron chi connectivity index (χ1n) is 7.87.